The third kappa shape index (κ3) is 5.90. The molecule has 0 bridgehead atoms. The van der Waals surface area contributed by atoms with E-state index >= 15 is 0 Å². The Labute approximate surface area is 177 Å². The van der Waals surface area contributed by atoms with Crippen LogP contribution in [0.15, 0.2) is 23.1 Å². The standard InChI is InChI=1S/C19H29ClN4O4S/c1-22-7-9-24(10-8-22)29(26,27)16-3-4-18(20)17(15-16)19(25)21-5-2-6-23-11-13-28-14-12-23/h3-4,15H,2,5-14H2,1H3,(H,21,25). The number of carbonyl (C=O) groups excluding carboxylic acids is 1. The van der Waals surface area contributed by atoms with Gasteiger partial charge in [-0.2, -0.15) is 4.31 Å². The second-order valence-corrected chi connectivity index (χ2v) is 9.76. The summed E-state index contributed by atoms with van der Waals surface area (Å²) in [7, 11) is -1.68. The van der Waals surface area contributed by atoms with Gasteiger partial charge >= 0.3 is 0 Å². The lowest BCUT2D eigenvalue weighted by Crippen LogP contribution is -2.47. The third-order valence-electron chi connectivity index (χ3n) is 5.32. The number of carbonyl (C=O) groups is 1. The molecule has 2 saturated heterocycles. The van der Waals surface area contributed by atoms with E-state index in [-0.39, 0.29) is 21.4 Å². The summed E-state index contributed by atoms with van der Waals surface area (Å²) in [6.07, 6.45) is 0.808. The molecule has 1 N–H and O–H groups in total. The van der Waals surface area contributed by atoms with Gasteiger partial charge in [-0.1, -0.05) is 11.6 Å². The number of likely N-dealkylation sites (N-methyl/N-ethyl adjacent to an activating group) is 1. The van der Waals surface area contributed by atoms with E-state index < -0.39 is 10.0 Å². The van der Waals surface area contributed by atoms with Crippen LogP contribution in [0.2, 0.25) is 5.02 Å². The van der Waals surface area contributed by atoms with E-state index in [0.717, 1.165) is 39.3 Å². The minimum Gasteiger partial charge on any atom is -0.379 e. The summed E-state index contributed by atoms with van der Waals surface area (Å²) in [5.74, 6) is -0.354. The first kappa shape index (κ1) is 22.5. The average molecular weight is 445 g/mol. The predicted molar refractivity (Wildman–Crippen MR) is 112 cm³/mol. The summed E-state index contributed by atoms with van der Waals surface area (Å²) >= 11 is 6.18. The Morgan fingerprint density at radius 2 is 1.83 bits per heavy atom. The minimum absolute atomic E-state index is 0.102. The summed E-state index contributed by atoms with van der Waals surface area (Å²) in [6.45, 7) is 6.93. The molecule has 0 saturated carbocycles. The van der Waals surface area contributed by atoms with Gasteiger partial charge in [0.05, 0.1) is 28.7 Å². The number of morpholine rings is 1. The van der Waals surface area contributed by atoms with E-state index in [2.05, 4.69) is 15.1 Å². The second kappa shape index (κ2) is 10.2. The van der Waals surface area contributed by atoms with E-state index in [0.29, 0.717) is 32.7 Å². The number of amides is 1. The first-order valence-corrected chi connectivity index (χ1v) is 11.8. The highest BCUT2D eigenvalue weighted by molar-refractivity contribution is 7.89. The smallest absolute Gasteiger partial charge is 0.252 e. The van der Waals surface area contributed by atoms with Crippen LogP contribution in [-0.4, -0.2) is 101 Å². The predicted octanol–water partition coefficient (Wildman–Crippen LogP) is 0.728. The molecule has 10 heteroatoms. The highest BCUT2D eigenvalue weighted by Crippen LogP contribution is 2.23. The highest BCUT2D eigenvalue weighted by Gasteiger charge is 2.28. The Kier molecular flexibility index (Phi) is 7.89. The topological polar surface area (TPSA) is 82.2 Å². The summed E-state index contributed by atoms with van der Waals surface area (Å²) in [5, 5.41) is 3.09. The molecule has 162 valence electrons. The van der Waals surface area contributed by atoms with Gasteiger partial charge in [-0.3, -0.25) is 9.69 Å². The van der Waals surface area contributed by atoms with Gasteiger partial charge in [-0.15, -0.1) is 0 Å². The van der Waals surface area contributed by atoms with E-state index in [1.807, 2.05) is 7.05 Å². The lowest BCUT2D eigenvalue weighted by Gasteiger charge is -2.31. The van der Waals surface area contributed by atoms with E-state index in [1.165, 1.54) is 22.5 Å². The number of ether oxygens (including phenoxy) is 1. The van der Waals surface area contributed by atoms with Crippen LogP contribution in [0.25, 0.3) is 0 Å². The Balaban J connectivity index is 1.59. The lowest BCUT2D eigenvalue weighted by molar-refractivity contribution is 0.0374. The Hall–Kier alpha value is -1.23. The van der Waals surface area contributed by atoms with Crippen molar-refractivity contribution in [3.05, 3.63) is 28.8 Å². The monoisotopic (exact) mass is 444 g/mol. The van der Waals surface area contributed by atoms with Crippen LogP contribution in [0.5, 0.6) is 0 Å². The van der Waals surface area contributed by atoms with E-state index in [1.54, 1.807) is 0 Å². The maximum atomic E-state index is 12.9. The van der Waals surface area contributed by atoms with Crippen molar-refractivity contribution in [3.8, 4) is 0 Å². The van der Waals surface area contributed by atoms with Crippen LogP contribution in [0.4, 0.5) is 0 Å². The third-order valence-corrected chi connectivity index (χ3v) is 7.55. The molecule has 0 spiro atoms. The average Bonchev–Trinajstić information content (AvgIpc) is 2.72. The molecule has 0 aliphatic carbocycles. The number of hydrogen-bond donors (Lipinski definition) is 1. The Morgan fingerprint density at radius 1 is 1.14 bits per heavy atom. The van der Waals surface area contributed by atoms with Gasteiger partial charge in [0.2, 0.25) is 10.0 Å². The Bertz CT molecular complexity index is 806. The van der Waals surface area contributed by atoms with Crippen molar-refractivity contribution < 1.29 is 17.9 Å². The van der Waals surface area contributed by atoms with E-state index in [4.69, 9.17) is 16.3 Å². The molecule has 1 amide bonds. The molecule has 3 rings (SSSR count). The molecule has 0 radical (unpaired) electrons. The number of piperazine rings is 1. The van der Waals surface area contributed by atoms with Crippen LogP contribution in [-0.2, 0) is 14.8 Å². The number of nitrogens with zero attached hydrogens (tertiary/aromatic N) is 3. The summed E-state index contributed by atoms with van der Waals surface area (Å²) in [5.41, 5.74) is 0.188. The van der Waals surface area contributed by atoms with Crippen molar-refractivity contribution in [2.45, 2.75) is 11.3 Å². The molecule has 0 aromatic heterocycles. The molecule has 0 atom stereocenters. The number of benzene rings is 1. The zero-order valence-electron chi connectivity index (χ0n) is 16.8. The Morgan fingerprint density at radius 3 is 2.52 bits per heavy atom. The zero-order valence-corrected chi connectivity index (χ0v) is 18.3. The number of sulfonamides is 1. The van der Waals surface area contributed by atoms with Gasteiger partial charge in [-0.05, 0) is 38.2 Å². The van der Waals surface area contributed by atoms with Crippen molar-refractivity contribution in [2.24, 2.45) is 0 Å². The summed E-state index contributed by atoms with van der Waals surface area (Å²) in [6, 6.07) is 4.33. The fraction of sp³-hybridized carbons (Fsp3) is 0.632. The summed E-state index contributed by atoms with van der Waals surface area (Å²) in [4.78, 5) is 17.1. The van der Waals surface area contributed by atoms with Gasteiger partial charge in [-0.25, -0.2) is 8.42 Å². The maximum absolute atomic E-state index is 12.9. The van der Waals surface area contributed by atoms with Gasteiger partial charge in [0, 0.05) is 45.8 Å². The molecule has 2 fully saturated rings. The van der Waals surface area contributed by atoms with Gasteiger partial charge in [0.1, 0.15) is 0 Å². The van der Waals surface area contributed by atoms with Crippen molar-refractivity contribution in [2.75, 3.05) is 72.6 Å². The molecular weight excluding hydrogens is 416 g/mol. The number of rotatable bonds is 7. The minimum atomic E-state index is -3.65. The molecule has 2 heterocycles. The van der Waals surface area contributed by atoms with Crippen molar-refractivity contribution in [1.82, 2.24) is 19.4 Å². The van der Waals surface area contributed by atoms with Crippen LogP contribution in [0, 0.1) is 0 Å². The molecule has 1 aromatic carbocycles. The highest BCUT2D eigenvalue weighted by atomic mass is 35.5. The van der Waals surface area contributed by atoms with Crippen LogP contribution in [0.1, 0.15) is 16.8 Å². The normalized spacial score (nSPS) is 19.9. The molecule has 2 aliphatic heterocycles. The number of nitrogens with one attached hydrogen (secondary N) is 1. The second-order valence-electron chi connectivity index (χ2n) is 7.41. The number of halogens is 1. The van der Waals surface area contributed by atoms with E-state index in [9.17, 15) is 13.2 Å². The van der Waals surface area contributed by atoms with Gasteiger partial charge in [0.25, 0.3) is 5.91 Å². The molecule has 0 unspecified atom stereocenters. The molecule has 1 aromatic rings. The largest absolute Gasteiger partial charge is 0.379 e. The van der Waals surface area contributed by atoms with Crippen LogP contribution < -0.4 is 5.32 Å². The van der Waals surface area contributed by atoms with Crippen molar-refractivity contribution in [1.29, 1.82) is 0 Å². The van der Waals surface area contributed by atoms with Gasteiger partial charge < -0.3 is 15.0 Å². The zero-order chi connectivity index (χ0) is 20.9. The maximum Gasteiger partial charge on any atom is 0.252 e. The SMILES string of the molecule is CN1CCN(S(=O)(=O)c2ccc(Cl)c(C(=O)NCCCN3CCOCC3)c2)CC1. The quantitative estimate of drug-likeness (QED) is 0.624. The lowest BCUT2D eigenvalue weighted by atomic mass is 10.2. The molecule has 8 nitrogen and oxygen atoms in total. The molecule has 2 aliphatic rings. The van der Waals surface area contributed by atoms with Crippen LogP contribution in [0.3, 0.4) is 0 Å². The fourth-order valence-corrected chi connectivity index (χ4v) is 5.09. The van der Waals surface area contributed by atoms with Gasteiger partial charge in [0.15, 0.2) is 0 Å². The first-order valence-electron chi connectivity index (χ1n) is 9.94. The van der Waals surface area contributed by atoms with Crippen molar-refractivity contribution >= 4 is 27.5 Å². The first-order chi connectivity index (χ1) is 13.9. The number of hydrogen-bond acceptors (Lipinski definition) is 6. The molecular formula is C19H29ClN4O4S. The van der Waals surface area contributed by atoms with Crippen molar-refractivity contribution in [3.63, 3.8) is 0 Å². The molecule has 29 heavy (non-hydrogen) atoms. The van der Waals surface area contributed by atoms with Crippen LogP contribution >= 0.6 is 11.6 Å². The fourth-order valence-electron chi connectivity index (χ4n) is 3.44. The summed E-state index contributed by atoms with van der Waals surface area (Å²) < 4.78 is 32.6.